The first kappa shape index (κ1) is 6.86. The summed E-state index contributed by atoms with van der Waals surface area (Å²) in [6, 6.07) is 5.48. The molecule has 0 fully saturated rings. The molecule has 0 spiro atoms. The molecule has 0 aliphatic heterocycles. The predicted molar refractivity (Wildman–Crippen MR) is 45.3 cm³/mol. The molecule has 1 radical (unpaired) electrons. The van der Waals surface area contributed by atoms with Crippen LogP contribution in [0.5, 0.6) is 5.75 Å². The first-order valence-electron chi connectivity index (χ1n) is 2.51. The summed E-state index contributed by atoms with van der Waals surface area (Å²) in [5, 5.41) is 9.14. The Bertz CT molecular complexity index is 200. The van der Waals surface area contributed by atoms with E-state index in [2.05, 4.69) is 29.5 Å². The Kier molecular flexibility index (Phi) is 1.95. The third-order valence-corrected chi connectivity index (χ3v) is 1.94. The molecule has 0 aromatic heterocycles. The highest BCUT2D eigenvalue weighted by Crippen LogP contribution is 2.22. The van der Waals surface area contributed by atoms with Gasteiger partial charge in [-0.05, 0) is 41.1 Å². The quantitative estimate of drug-likeness (QED) is 0.681. The van der Waals surface area contributed by atoms with Crippen LogP contribution in [0.25, 0.3) is 0 Å². The largest absolute Gasteiger partial charge is 0.507 e. The fourth-order valence-electron chi connectivity index (χ4n) is 0.560. The Morgan fingerprint density at radius 1 is 1.44 bits per heavy atom. The van der Waals surface area contributed by atoms with E-state index in [0.29, 0.717) is 5.56 Å². The second-order valence-electron chi connectivity index (χ2n) is 1.75. The number of benzene rings is 1. The zero-order chi connectivity index (χ0) is 6.85. The molecule has 47 valence electrons. The molecule has 1 nitrogen and oxygen atoms in total. The Hall–Kier alpha value is -0.250. The van der Waals surface area contributed by atoms with Gasteiger partial charge in [0.25, 0.3) is 0 Å². The van der Waals surface area contributed by atoms with Crippen LogP contribution in [0, 0.1) is 10.5 Å². The summed E-state index contributed by atoms with van der Waals surface area (Å²) in [4.78, 5) is 0. The lowest BCUT2D eigenvalue weighted by Crippen LogP contribution is -1.76. The van der Waals surface area contributed by atoms with E-state index in [1.807, 2.05) is 12.1 Å². The topological polar surface area (TPSA) is 20.2 Å². The number of rotatable bonds is 0. The maximum Gasteiger partial charge on any atom is 0.132 e. The van der Waals surface area contributed by atoms with Crippen LogP contribution < -0.4 is 0 Å². The second-order valence-corrected chi connectivity index (χ2v) is 2.91. The molecule has 0 aliphatic carbocycles. The minimum absolute atomic E-state index is 0.290. The number of para-hydroxylation sites is 1. The lowest BCUT2D eigenvalue weighted by Gasteiger charge is -1.97. The first-order valence-corrected chi connectivity index (χ1v) is 3.59. The average Bonchev–Trinajstić information content (AvgIpc) is 1.83. The smallest absolute Gasteiger partial charge is 0.132 e. The van der Waals surface area contributed by atoms with Crippen LogP contribution in [0.1, 0.15) is 5.56 Å². The van der Waals surface area contributed by atoms with Gasteiger partial charge in [-0.25, -0.2) is 0 Å². The highest BCUT2D eigenvalue weighted by molar-refractivity contribution is 14.1. The third-order valence-electron chi connectivity index (χ3n) is 1.07. The monoisotopic (exact) mass is 233 g/mol. The van der Waals surface area contributed by atoms with Crippen molar-refractivity contribution in [3.63, 3.8) is 0 Å². The Labute approximate surface area is 67.9 Å². The fourth-order valence-corrected chi connectivity index (χ4v) is 1.11. The van der Waals surface area contributed by atoms with Crippen molar-refractivity contribution in [3.05, 3.63) is 34.3 Å². The second kappa shape index (κ2) is 2.56. The molecule has 1 aromatic carbocycles. The van der Waals surface area contributed by atoms with Gasteiger partial charge in [0.1, 0.15) is 5.75 Å². The van der Waals surface area contributed by atoms with E-state index in [0.717, 1.165) is 3.57 Å². The zero-order valence-corrected chi connectivity index (χ0v) is 6.92. The van der Waals surface area contributed by atoms with Crippen molar-refractivity contribution in [2.45, 2.75) is 0 Å². The van der Waals surface area contributed by atoms with Gasteiger partial charge in [0.2, 0.25) is 0 Å². The van der Waals surface area contributed by atoms with Crippen molar-refractivity contribution in [1.82, 2.24) is 0 Å². The van der Waals surface area contributed by atoms with Crippen molar-refractivity contribution in [3.8, 4) is 5.75 Å². The van der Waals surface area contributed by atoms with Crippen LogP contribution in [0.2, 0.25) is 0 Å². The lowest BCUT2D eigenvalue weighted by atomic mass is 10.2. The molecule has 1 aromatic rings. The lowest BCUT2D eigenvalue weighted by molar-refractivity contribution is 0.469. The molecular formula is C7H6IO. The van der Waals surface area contributed by atoms with Crippen LogP contribution in [0.15, 0.2) is 18.2 Å². The van der Waals surface area contributed by atoms with Crippen molar-refractivity contribution >= 4 is 22.6 Å². The standard InChI is InChI=1S/C7H6IO/c1-5-3-2-4-6(8)7(5)9/h2-4,9H,1H2. The van der Waals surface area contributed by atoms with E-state index in [9.17, 15) is 0 Å². The van der Waals surface area contributed by atoms with Gasteiger partial charge < -0.3 is 5.11 Å². The van der Waals surface area contributed by atoms with Crippen LogP contribution in [-0.2, 0) is 0 Å². The maximum atomic E-state index is 9.14. The minimum Gasteiger partial charge on any atom is -0.507 e. The molecule has 9 heavy (non-hydrogen) atoms. The van der Waals surface area contributed by atoms with Crippen molar-refractivity contribution < 1.29 is 5.11 Å². The minimum atomic E-state index is 0.290. The van der Waals surface area contributed by atoms with Gasteiger partial charge in [0, 0.05) is 0 Å². The van der Waals surface area contributed by atoms with E-state index in [1.165, 1.54) is 0 Å². The molecule has 0 amide bonds. The molecule has 1 rings (SSSR count). The van der Waals surface area contributed by atoms with Crippen molar-refractivity contribution in [2.24, 2.45) is 0 Å². The molecule has 0 saturated carbocycles. The summed E-state index contributed by atoms with van der Waals surface area (Å²) >= 11 is 2.06. The Morgan fingerprint density at radius 2 is 2.11 bits per heavy atom. The Balaban J connectivity index is 3.25. The van der Waals surface area contributed by atoms with Crippen LogP contribution in [0.3, 0.4) is 0 Å². The van der Waals surface area contributed by atoms with Crippen LogP contribution >= 0.6 is 22.6 Å². The summed E-state index contributed by atoms with van der Waals surface area (Å²) in [5.41, 5.74) is 0.682. The van der Waals surface area contributed by atoms with E-state index in [4.69, 9.17) is 5.11 Å². The number of hydrogen-bond acceptors (Lipinski definition) is 1. The highest BCUT2D eigenvalue weighted by atomic mass is 127. The molecule has 0 heterocycles. The number of aromatic hydroxyl groups is 1. The molecule has 1 N–H and O–H groups in total. The van der Waals surface area contributed by atoms with Gasteiger partial charge in [-0.1, -0.05) is 12.1 Å². The summed E-state index contributed by atoms with van der Waals surface area (Å²) in [7, 11) is 0. The molecule has 0 bridgehead atoms. The van der Waals surface area contributed by atoms with Gasteiger partial charge in [0.05, 0.1) is 3.57 Å². The number of phenols is 1. The third kappa shape index (κ3) is 1.36. The SMILES string of the molecule is [CH2]c1cccc(I)c1O. The van der Waals surface area contributed by atoms with Gasteiger partial charge in [0.15, 0.2) is 0 Å². The summed E-state index contributed by atoms with van der Waals surface area (Å²) in [5.74, 6) is 0.290. The summed E-state index contributed by atoms with van der Waals surface area (Å²) in [6.45, 7) is 3.63. The van der Waals surface area contributed by atoms with Crippen LogP contribution in [0.4, 0.5) is 0 Å². The number of phenolic OH excluding ortho intramolecular Hbond substituents is 1. The van der Waals surface area contributed by atoms with E-state index < -0.39 is 0 Å². The summed E-state index contributed by atoms with van der Waals surface area (Å²) < 4.78 is 0.847. The fraction of sp³-hybridized carbons (Fsp3) is 0. The average molecular weight is 233 g/mol. The highest BCUT2D eigenvalue weighted by Gasteiger charge is 1.96. The molecule has 0 saturated heterocycles. The van der Waals surface area contributed by atoms with E-state index >= 15 is 0 Å². The van der Waals surface area contributed by atoms with Gasteiger partial charge in [-0.2, -0.15) is 0 Å². The first-order chi connectivity index (χ1) is 4.22. The van der Waals surface area contributed by atoms with Crippen molar-refractivity contribution in [2.75, 3.05) is 0 Å². The molecule has 0 unspecified atom stereocenters. The maximum absolute atomic E-state index is 9.14. The predicted octanol–water partition coefficient (Wildman–Crippen LogP) is 2.18. The number of halogens is 1. The number of hydrogen-bond donors (Lipinski definition) is 1. The van der Waals surface area contributed by atoms with Crippen LogP contribution in [-0.4, -0.2) is 5.11 Å². The molecule has 0 atom stereocenters. The molecule has 0 aliphatic rings. The Morgan fingerprint density at radius 3 is 2.56 bits per heavy atom. The normalized spacial score (nSPS) is 9.56. The van der Waals surface area contributed by atoms with E-state index in [1.54, 1.807) is 6.07 Å². The van der Waals surface area contributed by atoms with E-state index in [-0.39, 0.29) is 5.75 Å². The van der Waals surface area contributed by atoms with Crippen molar-refractivity contribution in [1.29, 1.82) is 0 Å². The molecule has 2 heteroatoms. The summed E-state index contributed by atoms with van der Waals surface area (Å²) in [6.07, 6.45) is 0. The van der Waals surface area contributed by atoms with Gasteiger partial charge >= 0.3 is 0 Å². The molecular weight excluding hydrogens is 227 g/mol. The zero-order valence-electron chi connectivity index (χ0n) is 4.76. The van der Waals surface area contributed by atoms with Gasteiger partial charge in [-0.3, -0.25) is 0 Å². The van der Waals surface area contributed by atoms with Gasteiger partial charge in [-0.15, -0.1) is 0 Å².